The minimum atomic E-state index is -1.77. The van der Waals surface area contributed by atoms with Gasteiger partial charge in [-0.25, -0.2) is 0 Å². The Morgan fingerprint density at radius 2 is 1.19 bits per heavy atom. The number of aliphatic hydroxyl groups is 13. The van der Waals surface area contributed by atoms with Gasteiger partial charge in [-0.1, -0.05) is 46.3 Å². The third-order valence-corrected chi connectivity index (χ3v) is 18.7. The fraction of sp³-hybridized carbons (Fsp3) is 0.958. The third-order valence-electron chi connectivity index (χ3n) is 18.7. The van der Waals surface area contributed by atoms with E-state index in [0.29, 0.717) is 51.4 Å². The van der Waals surface area contributed by atoms with Crippen LogP contribution in [0, 0.1) is 45.3 Å². The highest BCUT2D eigenvalue weighted by Gasteiger charge is 2.74. The van der Waals surface area contributed by atoms with E-state index in [9.17, 15) is 66.4 Å². The van der Waals surface area contributed by atoms with E-state index in [2.05, 4.69) is 26.8 Å². The second kappa shape index (κ2) is 19.8. The van der Waals surface area contributed by atoms with Gasteiger partial charge >= 0.3 is 0 Å². The smallest absolute Gasteiger partial charge is 0.187 e. The van der Waals surface area contributed by atoms with E-state index in [0.717, 1.165) is 5.57 Å². The van der Waals surface area contributed by atoms with Gasteiger partial charge in [0.05, 0.1) is 43.7 Å². The Morgan fingerprint density at radius 3 is 1.78 bits per heavy atom. The molecule has 4 aliphatic carbocycles. The Balaban J connectivity index is 1.20. The molecule has 0 spiro atoms. The Hall–Kier alpha value is -1.02. The molecule has 7 aliphatic rings. The van der Waals surface area contributed by atoms with Crippen molar-refractivity contribution >= 4 is 0 Å². The van der Waals surface area contributed by atoms with Gasteiger partial charge in [-0.2, -0.15) is 0 Å². The summed E-state index contributed by atoms with van der Waals surface area (Å²) < 4.78 is 37.1. The summed E-state index contributed by atoms with van der Waals surface area (Å²) in [4.78, 5) is 0. The van der Waals surface area contributed by atoms with E-state index >= 15 is 0 Å². The molecule has 0 aromatic rings. The van der Waals surface area contributed by atoms with E-state index in [1.807, 2.05) is 34.6 Å². The highest BCUT2D eigenvalue weighted by Crippen LogP contribution is 2.76. The van der Waals surface area contributed by atoms with Crippen LogP contribution in [0.2, 0.25) is 0 Å². The molecule has 3 saturated heterocycles. The summed E-state index contributed by atoms with van der Waals surface area (Å²) in [5.41, 5.74) is -2.39. The molecule has 3 aliphatic heterocycles. The lowest BCUT2D eigenvalue weighted by Crippen LogP contribution is -2.71. The van der Waals surface area contributed by atoms with Crippen LogP contribution in [0.5, 0.6) is 0 Å². The van der Waals surface area contributed by atoms with Gasteiger partial charge in [-0.05, 0) is 117 Å². The molecule has 67 heavy (non-hydrogen) atoms. The van der Waals surface area contributed by atoms with Crippen LogP contribution in [0.3, 0.4) is 0 Å². The maximum absolute atomic E-state index is 12.7. The van der Waals surface area contributed by atoms with Crippen molar-refractivity contribution < 1.29 is 94.8 Å². The second-order valence-electron chi connectivity index (χ2n) is 23.1. The Kier molecular flexibility index (Phi) is 15.9. The van der Waals surface area contributed by atoms with E-state index in [4.69, 9.17) is 28.4 Å². The summed E-state index contributed by atoms with van der Waals surface area (Å²) in [5, 5.41) is 142. The number of hydrogen-bond acceptors (Lipinski definition) is 19. The van der Waals surface area contributed by atoms with Crippen LogP contribution >= 0.6 is 0 Å². The molecule has 0 unspecified atom stereocenters. The van der Waals surface area contributed by atoms with Crippen molar-refractivity contribution in [2.75, 3.05) is 19.8 Å². The maximum Gasteiger partial charge on any atom is 0.187 e. The molecule has 388 valence electrons. The molecule has 0 aromatic heterocycles. The quantitative estimate of drug-likeness (QED) is 0.0773. The van der Waals surface area contributed by atoms with Crippen LogP contribution < -0.4 is 0 Å². The topological polar surface area (TPSA) is 318 Å². The summed E-state index contributed by atoms with van der Waals surface area (Å²) in [6.45, 7) is 14.7. The average Bonchev–Trinajstić information content (AvgIpc) is 3.66. The first-order valence-corrected chi connectivity index (χ1v) is 24.5. The molecule has 0 aromatic carbocycles. The van der Waals surface area contributed by atoms with Crippen LogP contribution in [-0.4, -0.2) is 202 Å². The monoisotopic (exact) mass is 963 g/mol. The van der Waals surface area contributed by atoms with E-state index < -0.39 is 158 Å². The lowest BCUT2D eigenvalue weighted by Gasteiger charge is -2.72. The summed E-state index contributed by atoms with van der Waals surface area (Å²) in [7, 11) is 0. The van der Waals surface area contributed by atoms with Crippen molar-refractivity contribution in [2.24, 2.45) is 45.3 Å². The number of rotatable bonds is 13. The van der Waals surface area contributed by atoms with Gasteiger partial charge in [0.25, 0.3) is 0 Å². The molecule has 19 nitrogen and oxygen atoms in total. The van der Waals surface area contributed by atoms with Crippen molar-refractivity contribution in [2.45, 2.75) is 223 Å². The van der Waals surface area contributed by atoms with Crippen molar-refractivity contribution in [1.29, 1.82) is 0 Å². The van der Waals surface area contributed by atoms with Gasteiger partial charge in [-0.15, -0.1) is 0 Å². The second-order valence-corrected chi connectivity index (χ2v) is 23.1. The van der Waals surface area contributed by atoms with Crippen molar-refractivity contribution in [1.82, 2.24) is 0 Å². The van der Waals surface area contributed by atoms with Crippen LogP contribution in [0.15, 0.2) is 11.6 Å². The summed E-state index contributed by atoms with van der Waals surface area (Å²) in [6, 6.07) is 0. The van der Waals surface area contributed by atoms with Crippen LogP contribution in [0.25, 0.3) is 0 Å². The van der Waals surface area contributed by atoms with Gasteiger partial charge < -0.3 is 94.8 Å². The van der Waals surface area contributed by atoms with Gasteiger partial charge in [0, 0.05) is 0 Å². The number of hydrogen-bond donors (Lipinski definition) is 13. The lowest BCUT2D eigenvalue weighted by molar-refractivity contribution is -0.353. The zero-order chi connectivity index (χ0) is 49.5. The third kappa shape index (κ3) is 9.13. The molecule has 0 bridgehead atoms. The highest BCUT2D eigenvalue weighted by atomic mass is 16.7. The van der Waals surface area contributed by atoms with Crippen molar-refractivity contribution in [3.05, 3.63) is 11.6 Å². The van der Waals surface area contributed by atoms with Crippen LogP contribution in [-0.2, 0) is 28.4 Å². The van der Waals surface area contributed by atoms with Gasteiger partial charge in [0.15, 0.2) is 18.9 Å². The predicted molar refractivity (Wildman–Crippen MR) is 235 cm³/mol. The molecule has 0 radical (unpaired) electrons. The fourth-order valence-electron chi connectivity index (χ4n) is 14.8. The van der Waals surface area contributed by atoms with E-state index in [-0.39, 0.29) is 23.7 Å². The molecule has 4 saturated carbocycles. The number of fused-ring (bicyclic) bond motifs is 5. The Labute approximate surface area is 393 Å². The van der Waals surface area contributed by atoms with Gasteiger partial charge in [0.2, 0.25) is 0 Å². The molecule has 0 amide bonds. The highest BCUT2D eigenvalue weighted by molar-refractivity contribution is 5.22. The number of aliphatic hydroxyl groups excluding tert-OH is 13. The molecular weight excluding hydrogens is 881 g/mol. The zero-order valence-corrected chi connectivity index (χ0v) is 40.3. The molecule has 13 N–H and O–H groups in total. The minimum absolute atomic E-state index is 0.0659. The Bertz CT molecular complexity index is 1710. The number of ether oxygens (including phenoxy) is 6. The normalized spacial score (nSPS) is 52.9. The summed E-state index contributed by atoms with van der Waals surface area (Å²) in [6.07, 6.45) is -19.2. The fourth-order valence-corrected chi connectivity index (χ4v) is 14.8. The summed E-state index contributed by atoms with van der Waals surface area (Å²) in [5.74, 6) is -1.11. The lowest BCUT2D eigenvalue weighted by atomic mass is 9.34. The Morgan fingerprint density at radius 1 is 0.657 bits per heavy atom. The maximum atomic E-state index is 12.7. The average molecular weight is 963 g/mol. The first kappa shape index (κ1) is 53.8. The largest absolute Gasteiger partial charge is 0.394 e. The summed E-state index contributed by atoms with van der Waals surface area (Å²) >= 11 is 0. The molecular formula is C48H82O19. The molecule has 19 heteroatoms. The van der Waals surface area contributed by atoms with Gasteiger partial charge in [-0.3, -0.25) is 0 Å². The first-order valence-electron chi connectivity index (χ1n) is 24.5. The zero-order valence-electron chi connectivity index (χ0n) is 40.3. The predicted octanol–water partition coefficient (Wildman–Crippen LogP) is -1.06. The van der Waals surface area contributed by atoms with E-state index in [1.165, 1.54) is 0 Å². The van der Waals surface area contributed by atoms with Crippen molar-refractivity contribution in [3.8, 4) is 0 Å². The molecule has 26 atom stereocenters. The van der Waals surface area contributed by atoms with Gasteiger partial charge in [0.1, 0.15) is 73.2 Å². The van der Waals surface area contributed by atoms with Crippen LogP contribution in [0.4, 0.5) is 0 Å². The molecule has 3 heterocycles. The van der Waals surface area contributed by atoms with Crippen molar-refractivity contribution in [3.63, 3.8) is 0 Å². The SMILES string of the molecule is CC(C)=CCC[C@](C)(O[C@@H]1O[C@H](CO[C@@H]2O[C@H](CO)[C@@H](O)[C@H](O)[C@H]2O)[C@@H](O)[C@H](O)[C@H]1O)[C@H]1CC[C@]2(C)[C@@H]1[C@H](O)C[C@@H]1[C@@]3(C)CC[C@H](O)C(C)(C)[C@H]3[C@@H](O[C@@H]3O[C@H](CO)[C@@H](O)[C@H](O)[C@H]3O)C[C@]12C. The van der Waals surface area contributed by atoms with E-state index in [1.54, 1.807) is 0 Å². The minimum Gasteiger partial charge on any atom is -0.394 e. The first-order chi connectivity index (χ1) is 31.2. The number of allylic oxidation sites excluding steroid dienone is 2. The van der Waals surface area contributed by atoms with Crippen LogP contribution in [0.1, 0.15) is 107 Å². The standard InChI is InChI=1S/C48H82O19/c1-21(2)10-9-13-48(8,67-43-39(61)36(58)33(55)27(66-43)20-62-41-37(59)34(56)31(53)25(18-49)64-41)22-11-15-46(6)30(22)23(51)16-28-45(5)14-12-29(52)44(3,4)40(45)24(17-47(28,46)7)63-42-38(60)35(57)32(54)26(19-50)65-42/h10,22-43,49-61H,9,11-20H2,1-8H3/t22-,23+,24-,25+,26+,27+,28+,29-,30-,31+,32+,33+,34-,35-,36-,37+,38+,39+,40+,41+,42+,43-,45+,46+,47+,48-/m0/s1. The molecule has 7 rings (SSSR count). The molecule has 7 fully saturated rings.